The van der Waals surface area contributed by atoms with Gasteiger partial charge in [0.15, 0.2) is 0 Å². The van der Waals surface area contributed by atoms with E-state index in [-0.39, 0.29) is 5.56 Å². The molecular formula is C11H11NO2S. The van der Waals surface area contributed by atoms with Crippen molar-refractivity contribution in [3.63, 3.8) is 0 Å². The predicted molar refractivity (Wildman–Crippen MR) is 59.1 cm³/mol. The number of hydrogen-bond donors (Lipinski definition) is 1. The van der Waals surface area contributed by atoms with Crippen LogP contribution < -0.4 is 0 Å². The van der Waals surface area contributed by atoms with E-state index in [4.69, 9.17) is 10.00 Å². The highest BCUT2D eigenvalue weighted by atomic mass is 32.1. The Morgan fingerprint density at radius 1 is 1.60 bits per heavy atom. The van der Waals surface area contributed by atoms with Gasteiger partial charge in [0.2, 0.25) is 0 Å². The molecule has 0 bridgehead atoms. The summed E-state index contributed by atoms with van der Waals surface area (Å²) in [4.78, 5) is 12.2. The summed E-state index contributed by atoms with van der Waals surface area (Å²) in [5.41, 5.74) is 1.46. The second-order valence-electron chi connectivity index (χ2n) is 3.02. The van der Waals surface area contributed by atoms with Crippen LogP contribution in [-0.4, -0.2) is 12.6 Å². The van der Waals surface area contributed by atoms with Crippen LogP contribution in [0.5, 0.6) is 0 Å². The van der Waals surface area contributed by atoms with Crippen LogP contribution in [-0.2, 0) is 4.74 Å². The molecule has 0 atom stereocenters. The van der Waals surface area contributed by atoms with E-state index in [2.05, 4.69) is 12.6 Å². The summed E-state index contributed by atoms with van der Waals surface area (Å²) in [6.45, 7) is 3.84. The van der Waals surface area contributed by atoms with Crippen LogP contribution >= 0.6 is 12.6 Å². The first-order valence-electron chi connectivity index (χ1n) is 4.51. The zero-order chi connectivity index (χ0) is 11.4. The molecule has 78 valence electrons. The first-order valence-corrected chi connectivity index (χ1v) is 4.95. The number of rotatable bonds is 2. The van der Waals surface area contributed by atoms with Crippen molar-refractivity contribution in [1.82, 2.24) is 0 Å². The van der Waals surface area contributed by atoms with Crippen LogP contribution in [0.4, 0.5) is 0 Å². The van der Waals surface area contributed by atoms with Gasteiger partial charge in [0.25, 0.3) is 0 Å². The highest BCUT2D eigenvalue weighted by Crippen LogP contribution is 2.19. The van der Waals surface area contributed by atoms with Crippen molar-refractivity contribution < 1.29 is 9.53 Å². The van der Waals surface area contributed by atoms with Crippen LogP contribution in [0.2, 0.25) is 0 Å². The number of hydrogen-bond acceptors (Lipinski definition) is 4. The number of carbonyl (C=O) groups is 1. The maximum Gasteiger partial charge on any atom is 0.339 e. The largest absolute Gasteiger partial charge is 0.462 e. The molecule has 0 radical (unpaired) electrons. The van der Waals surface area contributed by atoms with Crippen molar-refractivity contribution in [2.24, 2.45) is 0 Å². The zero-order valence-corrected chi connectivity index (χ0v) is 9.47. The Morgan fingerprint density at radius 2 is 2.27 bits per heavy atom. The Hall–Kier alpha value is -1.47. The van der Waals surface area contributed by atoms with E-state index >= 15 is 0 Å². The van der Waals surface area contributed by atoms with E-state index in [0.717, 1.165) is 5.56 Å². The van der Waals surface area contributed by atoms with Gasteiger partial charge in [0.1, 0.15) is 6.07 Å². The lowest BCUT2D eigenvalue weighted by Crippen LogP contribution is -2.07. The van der Waals surface area contributed by atoms with Crippen molar-refractivity contribution in [3.05, 3.63) is 28.8 Å². The number of nitrogens with zero attached hydrogens (tertiary/aromatic N) is 1. The summed E-state index contributed by atoms with van der Waals surface area (Å²) in [7, 11) is 0. The van der Waals surface area contributed by atoms with Gasteiger partial charge in [-0.3, -0.25) is 0 Å². The van der Waals surface area contributed by atoms with E-state index < -0.39 is 5.97 Å². The molecule has 0 aromatic heterocycles. The molecule has 0 saturated heterocycles. The number of carbonyl (C=O) groups excluding carboxylic acids is 1. The SMILES string of the molecule is CCOC(=O)c1cc(S)c(C)cc1C#N. The van der Waals surface area contributed by atoms with Crippen LogP contribution in [0, 0.1) is 18.3 Å². The van der Waals surface area contributed by atoms with Crippen molar-refractivity contribution >= 4 is 18.6 Å². The molecule has 0 aliphatic carbocycles. The number of ether oxygens (including phenoxy) is 1. The molecule has 4 heteroatoms. The van der Waals surface area contributed by atoms with Crippen molar-refractivity contribution in [3.8, 4) is 6.07 Å². The lowest BCUT2D eigenvalue weighted by Gasteiger charge is -2.06. The van der Waals surface area contributed by atoms with Crippen LogP contribution in [0.15, 0.2) is 17.0 Å². The summed E-state index contributed by atoms with van der Waals surface area (Å²) in [5, 5.41) is 8.87. The zero-order valence-electron chi connectivity index (χ0n) is 8.57. The maximum atomic E-state index is 11.5. The Labute approximate surface area is 94.1 Å². The summed E-state index contributed by atoms with van der Waals surface area (Å²) >= 11 is 4.20. The van der Waals surface area contributed by atoms with Gasteiger partial charge >= 0.3 is 5.97 Å². The molecule has 0 amide bonds. The molecule has 0 aliphatic heterocycles. The fourth-order valence-corrected chi connectivity index (χ4v) is 1.36. The minimum absolute atomic E-state index is 0.273. The molecule has 0 spiro atoms. The average molecular weight is 221 g/mol. The molecule has 0 aliphatic rings. The normalized spacial score (nSPS) is 9.47. The molecule has 1 aromatic carbocycles. The third-order valence-electron chi connectivity index (χ3n) is 1.95. The van der Waals surface area contributed by atoms with E-state index in [0.29, 0.717) is 17.1 Å². The number of esters is 1. The molecule has 0 fully saturated rings. The molecule has 1 rings (SSSR count). The van der Waals surface area contributed by atoms with E-state index in [9.17, 15) is 4.79 Å². The van der Waals surface area contributed by atoms with Gasteiger partial charge in [0.05, 0.1) is 17.7 Å². The minimum Gasteiger partial charge on any atom is -0.462 e. The van der Waals surface area contributed by atoms with Gasteiger partial charge in [-0.05, 0) is 31.5 Å². The second-order valence-corrected chi connectivity index (χ2v) is 3.50. The first kappa shape index (κ1) is 11.6. The smallest absolute Gasteiger partial charge is 0.339 e. The molecule has 15 heavy (non-hydrogen) atoms. The molecule has 0 heterocycles. The topological polar surface area (TPSA) is 50.1 Å². The first-order chi connectivity index (χ1) is 7.10. The lowest BCUT2D eigenvalue weighted by atomic mass is 10.1. The van der Waals surface area contributed by atoms with E-state index in [1.54, 1.807) is 19.1 Å². The Kier molecular flexibility index (Phi) is 3.75. The number of nitriles is 1. The molecule has 0 saturated carbocycles. The van der Waals surface area contributed by atoms with Gasteiger partial charge in [0, 0.05) is 4.90 Å². The average Bonchev–Trinajstić information content (AvgIpc) is 2.21. The number of aryl methyl sites for hydroxylation is 1. The monoisotopic (exact) mass is 221 g/mol. The Bertz CT molecular complexity index is 435. The van der Waals surface area contributed by atoms with Crippen molar-refractivity contribution in [1.29, 1.82) is 5.26 Å². The molecule has 0 unspecified atom stereocenters. The minimum atomic E-state index is -0.482. The third kappa shape index (κ3) is 2.51. The Balaban J connectivity index is 3.23. The van der Waals surface area contributed by atoms with Crippen molar-refractivity contribution in [2.75, 3.05) is 6.61 Å². The van der Waals surface area contributed by atoms with Gasteiger partial charge in [-0.2, -0.15) is 5.26 Å². The summed E-state index contributed by atoms with van der Waals surface area (Å²) in [6, 6.07) is 5.17. The van der Waals surface area contributed by atoms with Gasteiger partial charge in [-0.1, -0.05) is 0 Å². The van der Waals surface area contributed by atoms with Crippen LogP contribution in [0.25, 0.3) is 0 Å². The molecule has 3 nitrogen and oxygen atoms in total. The van der Waals surface area contributed by atoms with Gasteiger partial charge < -0.3 is 4.74 Å². The van der Waals surface area contributed by atoms with E-state index in [1.165, 1.54) is 0 Å². The quantitative estimate of drug-likeness (QED) is 0.616. The fourth-order valence-electron chi connectivity index (χ4n) is 1.17. The van der Waals surface area contributed by atoms with Gasteiger partial charge in [-0.25, -0.2) is 4.79 Å². The predicted octanol–water partition coefficient (Wildman–Crippen LogP) is 2.33. The highest BCUT2D eigenvalue weighted by molar-refractivity contribution is 7.80. The molecular weight excluding hydrogens is 210 g/mol. The van der Waals surface area contributed by atoms with Crippen LogP contribution in [0.1, 0.15) is 28.4 Å². The van der Waals surface area contributed by atoms with Crippen molar-refractivity contribution in [2.45, 2.75) is 18.7 Å². The van der Waals surface area contributed by atoms with Crippen LogP contribution in [0.3, 0.4) is 0 Å². The highest BCUT2D eigenvalue weighted by Gasteiger charge is 2.13. The maximum absolute atomic E-state index is 11.5. The number of benzene rings is 1. The summed E-state index contributed by atoms with van der Waals surface area (Å²) < 4.78 is 4.84. The Morgan fingerprint density at radius 3 is 2.80 bits per heavy atom. The molecule has 0 N–H and O–H groups in total. The summed E-state index contributed by atoms with van der Waals surface area (Å²) in [6.07, 6.45) is 0. The number of thiol groups is 1. The lowest BCUT2D eigenvalue weighted by molar-refractivity contribution is 0.0525. The van der Waals surface area contributed by atoms with Gasteiger partial charge in [-0.15, -0.1) is 12.6 Å². The molecule has 1 aromatic rings. The fraction of sp³-hybridized carbons (Fsp3) is 0.273. The summed E-state index contributed by atoms with van der Waals surface area (Å²) in [5.74, 6) is -0.482. The van der Waals surface area contributed by atoms with E-state index in [1.807, 2.05) is 13.0 Å². The third-order valence-corrected chi connectivity index (χ3v) is 2.43. The standard InChI is InChI=1S/C11H11NO2S/c1-3-14-11(13)9-5-10(15)7(2)4-8(9)6-12/h4-5,15H,3H2,1-2H3. The second kappa shape index (κ2) is 4.85.